The fourth-order valence-corrected chi connectivity index (χ4v) is 8.64. The molecule has 0 aromatic rings. The Morgan fingerprint density at radius 2 is 0.549 bits per heavy atom. The Kier molecular flexibility index (Phi) is 56.8. The maximum Gasteiger partial charge on any atom is 0.306 e. The monoisotopic (exact) mass is 991 g/mol. The zero-order chi connectivity index (χ0) is 51.4. The number of unbranched alkanes of at least 4 members (excludes halogenated alkanes) is 32. The van der Waals surface area contributed by atoms with Crippen LogP contribution in [-0.2, 0) is 28.6 Å². The van der Waals surface area contributed by atoms with Gasteiger partial charge < -0.3 is 14.2 Å². The van der Waals surface area contributed by atoms with E-state index in [4.69, 9.17) is 14.2 Å². The second kappa shape index (κ2) is 59.4. The van der Waals surface area contributed by atoms with Crippen molar-refractivity contribution in [1.82, 2.24) is 0 Å². The van der Waals surface area contributed by atoms with Gasteiger partial charge in [-0.3, -0.25) is 14.4 Å². The molecular weight excluding hydrogens is 877 g/mol. The van der Waals surface area contributed by atoms with Gasteiger partial charge in [-0.15, -0.1) is 0 Å². The van der Waals surface area contributed by atoms with Crippen molar-refractivity contribution in [2.45, 2.75) is 309 Å². The van der Waals surface area contributed by atoms with Crippen molar-refractivity contribution in [2.75, 3.05) is 13.2 Å². The number of allylic oxidation sites excluding steroid dienone is 12. The van der Waals surface area contributed by atoms with Gasteiger partial charge in [0.15, 0.2) is 6.10 Å². The van der Waals surface area contributed by atoms with Gasteiger partial charge in [-0.25, -0.2) is 0 Å². The summed E-state index contributed by atoms with van der Waals surface area (Å²) in [6, 6.07) is 0. The zero-order valence-corrected chi connectivity index (χ0v) is 47.0. The first-order valence-electron chi connectivity index (χ1n) is 30.4. The molecule has 410 valence electrons. The van der Waals surface area contributed by atoms with Crippen LogP contribution in [0.4, 0.5) is 0 Å². The standard InChI is InChI=1S/C65H114O6/c1-4-7-10-13-16-19-22-25-28-29-30-31-32-33-34-35-38-40-43-46-49-52-55-58-64(67)70-61-62(71-65(68)59-56-53-50-47-44-41-37-27-24-21-18-15-12-9-6-3)60-69-63(66)57-54-51-48-45-42-39-36-26-23-20-17-14-11-8-5-2/h9,12,17-18,20-21,26-27,36-37,44,47,62H,4-8,10-11,13-16,19,22-25,28-35,38-43,45-46,48-61H2,1-3H3/b12-9-,20-17-,21-18-,36-26-,37-27-,47-44-. The molecule has 1 unspecified atom stereocenters. The number of hydrogen-bond acceptors (Lipinski definition) is 6. The Hall–Kier alpha value is -3.15. The van der Waals surface area contributed by atoms with Gasteiger partial charge in [0, 0.05) is 19.3 Å². The van der Waals surface area contributed by atoms with Gasteiger partial charge in [-0.2, -0.15) is 0 Å². The van der Waals surface area contributed by atoms with Gasteiger partial charge in [-0.05, 0) is 89.9 Å². The Bertz CT molecular complexity index is 1320. The molecule has 0 fully saturated rings. The Balaban J connectivity index is 4.34. The first-order chi connectivity index (χ1) is 35.0. The molecule has 0 aliphatic heterocycles. The van der Waals surface area contributed by atoms with Gasteiger partial charge >= 0.3 is 17.9 Å². The summed E-state index contributed by atoms with van der Waals surface area (Å²) in [5, 5.41) is 0. The molecule has 0 spiro atoms. The molecule has 0 aromatic heterocycles. The second-order valence-electron chi connectivity index (χ2n) is 20.2. The van der Waals surface area contributed by atoms with Crippen LogP contribution >= 0.6 is 0 Å². The predicted octanol–water partition coefficient (Wildman–Crippen LogP) is 20.5. The maximum absolute atomic E-state index is 12.8. The minimum absolute atomic E-state index is 0.0944. The third-order valence-corrected chi connectivity index (χ3v) is 13.2. The summed E-state index contributed by atoms with van der Waals surface area (Å²) in [5.74, 6) is -0.939. The van der Waals surface area contributed by atoms with Gasteiger partial charge in [0.1, 0.15) is 13.2 Å². The van der Waals surface area contributed by atoms with Crippen LogP contribution in [0.25, 0.3) is 0 Å². The lowest BCUT2D eigenvalue weighted by Crippen LogP contribution is -2.30. The molecular formula is C65H114O6. The summed E-state index contributed by atoms with van der Waals surface area (Å²) in [6.07, 6.45) is 76.3. The number of rotatable bonds is 55. The van der Waals surface area contributed by atoms with E-state index < -0.39 is 6.10 Å². The number of carbonyl (C=O) groups excluding carboxylic acids is 3. The SMILES string of the molecule is CC/C=C\C/C=C\C/C=C\C/C=C\CCCCC(=O)OC(COC(=O)CCCCCCC/C=C\C/C=C\CCCCC)COC(=O)CCCCCCCCCCCCCCCCCCCCCCCCC. The van der Waals surface area contributed by atoms with Crippen LogP contribution in [-0.4, -0.2) is 37.2 Å². The smallest absolute Gasteiger partial charge is 0.306 e. The molecule has 0 heterocycles. The van der Waals surface area contributed by atoms with Crippen LogP contribution in [0.15, 0.2) is 72.9 Å². The summed E-state index contributed by atoms with van der Waals surface area (Å²) < 4.78 is 16.8. The predicted molar refractivity (Wildman–Crippen MR) is 307 cm³/mol. The molecule has 0 aliphatic rings. The number of hydrogen-bond donors (Lipinski definition) is 0. The van der Waals surface area contributed by atoms with E-state index >= 15 is 0 Å². The van der Waals surface area contributed by atoms with Crippen LogP contribution in [0.5, 0.6) is 0 Å². The van der Waals surface area contributed by atoms with E-state index in [0.717, 1.165) is 103 Å². The van der Waals surface area contributed by atoms with Crippen molar-refractivity contribution in [3.8, 4) is 0 Å². The van der Waals surface area contributed by atoms with E-state index in [0.29, 0.717) is 19.3 Å². The third kappa shape index (κ3) is 57.6. The highest BCUT2D eigenvalue weighted by Gasteiger charge is 2.19. The summed E-state index contributed by atoms with van der Waals surface area (Å²) in [7, 11) is 0. The van der Waals surface area contributed by atoms with E-state index in [2.05, 4.69) is 93.7 Å². The third-order valence-electron chi connectivity index (χ3n) is 13.2. The van der Waals surface area contributed by atoms with Crippen LogP contribution in [0.3, 0.4) is 0 Å². The lowest BCUT2D eigenvalue weighted by molar-refractivity contribution is -0.167. The molecule has 6 nitrogen and oxygen atoms in total. The van der Waals surface area contributed by atoms with E-state index in [1.54, 1.807) is 0 Å². The highest BCUT2D eigenvalue weighted by molar-refractivity contribution is 5.71. The molecule has 0 bridgehead atoms. The van der Waals surface area contributed by atoms with E-state index in [1.807, 2.05) is 0 Å². The molecule has 71 heavy (non-hydrogen) atoms. The van der Waals surface area contributed by atoms with Crippen molar-refractivity contribution in [3.05, 3.63) is 72.9 Å². The lowest BCUT2D eigenvalue weighted by Gasteiger charge is -2.18. The van der Waals surface area contributed by atoms with Gasteiger partial charge in [0.05, 0.1) is 0 Å². The summed E-state index contributed by atoms with van der Waals surface area (Å²) in [5.41, 5.74) is 0. The van der Waals surface area contributed by atoms with Crippen molar-refractivity contribution < 1.29 is 28.6 Å². The maximum atomic E-state index is 12.8. The van der Waals surface area contributed by atoms with Gasteiger partial charge in [0.2, 0.25) is 0 Å². The molecule has 0 amide bonds. The van der Waals surface area contributed by atoms with Crippen LogP contribution in [0.2, 0.25) is 0 Å². The fourth-order valence-electron chi connectivity index (χ4n) is 8.64. The molecule has 0 saturated carbocycles. The van der Waals surface area contributed by atoms with E-state index in [-0.39, 0.29) is 37.5 Å². The highest BCUT2D eigenvalue weighted by Crippen LogP contribution is 2.17. The summed E-state index contributed by atoms with van der Waals surface area (Å²) in [4.78, 5) is 38.2. The van der Waals surface area contributed by atoms with Crippen molar-refractivity contribution in [1.29, 1.82) is 0 Å². The molecule has 0 rings (SSSR count). The average molecular weight is 992 g/mol. The molecule has 0 N–H and O–H groups in total. The lowest BCUT2D eigenvalue weighted by atomic mass is 10.0. The average Bonchev–Trinajstić information content (AvgIpc) is 3.37. The Labute approximate surface area is 440 Å². The zero-order valence-electron chi connectivity index (χ0n) is 47.0. The number of ether oxygens (including phenoxy) is 3. The highest BCUT2D eigenvalue weighted by atomic mass is 16.6. The first kappa shape index (κ1) is 67.8. The quantitative estimate of drug-likeness (QED) is 0.0261. The number of carbonyl (C=O) groups is 3. The van der Waals surface area contributed by atoms with Crippen molar-refractivity contribution in [3.63, 3.8) is 0 Å². The van der Waals surface area contributed by atoms with Gasteiger partial charge in [0.25, 0.3) is 0 Å². The van der Waals surface area contributed by atoms with Crippen molar-refractivity contribution >= 4 is 17.9 Å². The summed E-state index contributed by atoms with van der Waals surface area (Å²) in [6.45, 7) is 6.49. The minimum atomic E-state index is -0.802. The topological polar surface area (TPSA) is 78.9 Å². The minimum Gasteiger partial charge on any atom is -0.462 e. The van der Waals surface area contributed by atoms with Crippen LogP contribution in [0.1, 0.15) is 303 Å². The molecule has 6 heteroatoms. The van der Waals surface area contributed by atoms with Crippen LogP contribution in [0, 0.1) is 0 Å². The Morgan fingerprint density at radius 1 is 0.296 bits per heavy atom. The molecule has 1 atom stereocenters. The summed E-state index contributed by atoms with van der Waals surface area (Å²) >= 11 is 0. The van der Waals surface area contributed by atoms with E-state index in [9.17, 15) is 14.4 Å². The second-order valence-corrected chi connectivity index (χ2v) is 20.2. The normalized spacial score (nSPS) is 12.5. The largest absolute Gasteiger partial charge is 0.462 e. The molecule has 0 radical (unpaired) electrons. The number of esters is 3. The Morgan fingerprint density at radius 3 is 0.915 bits per heavy atom. The fraction of sp³-hybridized carbons (Fsp3) is 0.769. The van der Waals surface area contributed by atoms with Gasteiger partial charge in [-0.1, -0.05) is 267 Å². The van der Waals surface area contributed by atoms with Crippen molar-refractivity contribution in [2.24, 2.45) is 0 Å². The molecule has 0 aromatic carbocycles. The van der Waals surface area contributed by atoms with Crippen LogP contribution < -0.4 is 0 Å². The molecule has 0 saturated heterocycles. The molecule has 0 aliphatic carbocycles. The van der Waals surface area contributed by atoms with E-state index in [1.165, 1.54) is 154 Å². The first-order valence-corrected chi connectivity index (χ1v) is 30.4.